The Labute approximate surface area is 148 Å². The zero-order valence-corrected chi connectivity index (χ0v) is 15.3. The van der Waals surface area contributed by atoms with Gasteiger partial charge in [-0.05, 0) is 39.4 Å². The van der Waals surface area contributed by atoms with E-state index in [0.29, 0.717) is 6.54 Å². The molecular formula is C19H27N3O3. The monoisotopic (exact) mass is 345 g/mol. The van der Waals surface area contributed by atoms with E-state index in [2.05, 4.69) is 10.6 Å². The van der Waals surface area contributed by atoms with Gasteiger partial charge in [0.2, 0.25) is 11.8 Å². The van der Waals surface area contributed by atoms with E-state index in [9.17, 15) is 9.59 Å². The summed E-state index contributed by atoms with van der Waals surface area (Å²) in [5, 5.41) is 6.78. The summed E-state index contributed by atoms with van der Waals surface area (Å²) in [7, 11) is 0. The van der Waals surface area contributed by atoms with Gasteiger partial charge in [0.1, 0.15) is 11.3 Å². The first-order valence-electron chi connectivity index (χ1n) is 8.68. The summed E-state index contributed by atoms with van der Waals surface area (Å²) in [4.78, 5) is 25.9. The van der Waals surface area contributed by atoms with Crippen LogP contribution in [0.15, 0.2) is 34.7 Å². The summed E-state index contributed by atoms with van der Waals surface area (Å²) in [5.74, 6) is 0.511. The van der Waals surface area contributed by atoms with Gasteiger partial charge in [0.25, 0.3) is 0 Å². The molecule has 2 rings (SSSR count). The van der Waals surface area contributed by atoms with Crippen LogP contribution in [0.4, 0.5) is 0 Å². The molecule has 0 spiro atoms. The Morgan fingerprint density at radius 2 is 1.72 bits per heavy atom. The lowest BCUT2D eigenvalue weighted by Gasteiger charge is -2.21. The number of benzene rings is 1. The fourth-order valence-corrected chi connectivity index (χ4v) is 2.63. The highest BCUT2D eigenvalue weighted by Crippen LogP contribution is 2.23. The first-order chi connectivity index (χ1) is 11.9. The first kappa shape index (κ1) is 19.0. The number of carbonyl (C=O) groups is 2. The summed E-state index contributed by atoms with van der Waals surface area (Å²) in [5.41, 5.74) is 0.805. The quantitative estimate of drug-likeness (QED) is 0.771. The van der Waals surface area contributed by atoms with Crippen molar-refractivity contribution in [1.82, 2.24) is 15.5 Å². The number of amides is 2. The fraction of sp³-hybridized carbons (Fsp3) is 0.474. The molecule has 0 aliphatic carbocycles. The van der Waals surface area contributed by atoms with Gasteiger partial charge in [0.05, 0.1) is 19.1 Å². The van der Waals surface area contributed by atoms with Crippen LogP contribution in [-0.2, 0) is 9.59 Å². The lowest BCUT2D eigenvalue weighted by atomic mass is 10.2. The molecule has 1 atom stereocenters. The van der Waals surface area contributed by atoms with Crippen molar-refractivity contribution in [2.45, 2.75) is 39.8 Å². The number of hydrogen-bond donors (Lipinski definition) is 2. The van der Waals surface area contributed by atoms with E-state index in [1.807, 2.05) is 58.0 Å². The Hall–Kier alpha value is -2.34. The molecule has 2 amide bonds. The van der Waals surface area contributed by atoms with Gasteiger partial charge in [-0.1, -0.05) is 25.1 Å². The first-order valence-corrected chi connectivity index (χ1v) is 8.68. The van der Waals surface area contributed by atoms with E-state index in [0.717, 1.165) is 16.7 Å². The Balaban J connectivity index is 1.90. The van der Waals surface area contributed by atoms with Crippen molar-refractivity contribution in [2.75, 3.05) is 19.6 Å². The van der Waals surface area contributed by atoms with Crippen LogP contribution >= 0.6 is 0 Å². The SMILES string of the molecule is CCN(CC(=O)NC(C)C)CC(=O)N[C@H](C)c1cc2ccccc2o1. The minimum Gasteiger partial charge on any atom is -0.459 e. The van der Waals surface area contributed by atoms with Gasteiger partial charge < -0.3 is 15.1 Å². The minimum atomic E-state index is -0.233. The van der Waals surface area contributed by atoms with Crippen LogP contribution in [0.2, 0.25) is 0 Å². The number of para-hydroxylation sites is 1. The molecule has 0 saturated carbocycles. The van der Waals surface area contributed by atoms with Crippen LogP contribution in [0.3, 0.4) is 0 Å². The molecule has 6 nitrogen and oxygen atoms in total. The highest BCUT2D eigenvalue weighted by atomic mass is 16.3. The van der Waals surface area contributed by atoms with Crippen molar-refractivity contribution in [3.05, 3.63) is 36.1 Å². The molecule has 2 N–H and O–H groups in total. The van der Waals surface area contributed by atoms with Crippen molar-refractivity contribution >= 4 is 22.8 Å². The molecule has 0 aliphatic rings. The summed E-state index contributed by atoms with van der Waals surface area (Å²) in [6.07, 6.45) is 0. The standard InChI is InChI=1S/C19H27N3O3/c1-5-22(11-18(23)20-13(2)3)12-19(24)21-14(4)17-10-15-8-6-7-9-16(15)25-17/h6-10,13-14H,5,11-12H2,1-4H3,(H,20,23)(H,21,24)/t14-/m1/s1. The van der Waals surface area contributed by atoms with E-state index in [1.165, 1.54) is 0 Å². The molecule has 6 heteroatoms. The largest absolute Gasteiger partial charge is 0.459 e. The normalized spacial score (nSPS) is 12.6. The Bertz CT molecular complexity index is 691. The molecule has 2 aromatic rings. The predicted molar refractivity (Wildman–Crippen MR) is 98.2 cm³/mol. The summed E-state index contributed by atoms with van der Waals surface area (Å²) in [6.45, 7) is 8.65. The van der Waals surface area contributed by atoms with Crippen LogP contribution in [0.25, 0.3) is 11.0 Å². The smallest absolute Gasteiger partial charge is 0.234 e. The second-order valence-corrected chi connectivity index (χ2v) is 6.50. The number of carbonyl (C=O) groups excluding carboxylic acids is 2. The van der Waals surface area contributed by atoms with Crippen LogP contribution in [-0.4, -0.2) is 42.4 Å². The topological polar surface area (TPSA) is 74.6 Å². The average molecular weight is 345 g/mol. The van der Waals surface area contributed by atoms with Crippen LogP contribution in [0.1, 0.15) is 39.5 Å². The molecule has 1 aromatic heterocycles. The number of hydrogen-bond acceptors (Lipinski definition) is 4. The molecule has 1 heterocycles. The molecular weight excluding hydrogens is 318 g/mol. The van der Waals surface area contributed by atoms with Gasteiger partial charge in [-0.25, -0.2) is 0 Å². The lowest BCUT2D eigenvalue weighted by molar-refractivity contribution is -0.125. The summed E-state index contributed by atoms with van der Waals surface area (Å²) in [6, 6.07) is 9.54. The van der Waals surface area contributed by atoms with Gasteiger partial charge in [0, 0.05) is 11.4 Å². The molecule has 0 aliphatic heterocycles. The third-order valence-corrected chi connectivity index (χ3v) is 3.88. The molecule has 0 saturated heterocycles. The Morgan fingerprint density at radius 3 is 2.32 bits per heavy atom. The number of nitrogens with zero attached hydrogens (tertiary/aromatic N) is 1. The number of likely N-dealkylation sites (N-methyl/N-ethyl adjacent to an activating group) is 1. The zero-order chi connectivity index (χ0) is 18.4. The third kappa shape index (κ3) is 5.60. The minimum absolute atomic E-state index is 0.0741. The Morgan fingerprint density at radius 1 is 1.08 bits per heavy atom. The van der Waals surface area contributed by atoms with E-state index < -0.39 is 0 Å². The highest BCUT2D eigenvalue weighted by molar-refractivity contribution is 5.82. The molecule has 0 fully saturated rings. The summed E-state index contributed by atoms with van der Waals surface area (Å²) >= 11 is 0. The number of furan rings is 1. The highest BCUT2D eigenvalue weighted by Gasteiger charge is 2.17. The third-order valence-electron chi connectivity index (χ3n) is 3.88. The van der Waals surface area contributed by atoms with Crippen molar-refractivity contribution in [3.8, 4) is 0 Å². The maximum Gasteiger partial charge on any atom is 0.234 e. The second kappa shape index (κ2) is 8.67. The van der Waals surface area contributed by atoms with E-state index in [4.69, 9.17) is 4.42 Å². The number of nitrogens with one attached hydrogen (secondary N) is 2. The van der Waals surface area contributed by atoms with Gasteiger partial charge in [-0.15, -0.1) is 0 Å². The number of fused-ring (bicyclic) bond motifs is 1. The second-order valence-electron chi connectivity index (χ2n) is 6.50. The predicted octanol–water partition coefficient (Wildman–Crippen LogP) is 2.46. The maximum absolute atomic E-state index is 12.3. The van der Waals surface area contributed by atoms with E-state index >= 15 is 0 Å². The summed E-state index contributed by atoms with van der Waals surface area (Å²) < 4.78 is 5.78. The Kier molecular flexibility index (Phi) is 6.58. The molecule has 0 bridgehead atoms. The average Bonchev–Trinajstić information content (AvgIpc) is 2.97. The van der Waals surface area contributed by atoms with Gasteiger partial charge >= 0.3 is 0 Å². The van der Waals surface area contributed by atoms with Crippen molar-refractivity contribution in [1.29, 1.82) is 0 Å². The molecule has 0 radical (unpaired) electrons. The van der Waals surface area contributed by atoms with Crippen molar-refractivity contribution in [2.24, 2.45) is 0 Å². The molecule has 0 unspecified atom stereocenters. The van der Waals surface area contributed by atoms with Crippen LogP contribution in [0.5, 0.6) is 0 Å². The van der Waals surface area contributed by atoms with E-state index in [1.54, 1.807) is 4.90 Å². The van der Waals surface area contributed by atoms with E-state index in [-0.39, 0.29) is 37.0 Å². The molecule has 25 heavy (non-hydrogen) atoms. The van der Waals surface area contributed by atoms with Gasteiger partial charge in [-0.2, -0.15) is 0 Å². The van der Waals surface area contributed by atoms with Gasteiger partial charge in [0.15, 0.2) is 0 Å². The molecule has 136 valence electrons. The van der Waals surface area contributed by atoms with Crippen LogP contribution in [0, 0.1) is 0 Å². The fourth-order valence-electron chi connectivity index (χ4n) is 2.63. The van der Waals surface area contributed by atoms with Gasteiger partial charge in [-0.3, -0.25) is 14.5 Å². The zero-order valence-electron chi connectivity index (χ0n) is 15.3. The van der Waals surface area contributed by atoms with Crippen molar-refractivity contribution in [3.63, 3.8) is 0 Å². The lowest BCUT2D eigenvalue weighted by Crippen LogP contribution is -2.44. The van der Waals surface area contributed by atoms with Crippen molar-refractivity contribution < 1.29 is 14.0 Å². The molecule has 1 aromatic carbocycles. The number of rotatable bonds is 8. The maximum atomic E-state index is 12.3. The van der Waals surface area contributed by atoms with Crippen LogP contribution < -0.4 is 10.6 Å².